The molecule has 170 valence electrons. The summed E-state index contributed by atoms with van der Waals surface area (Å²) in [5.41, 5.74) is 5.54. The monoisotopic (exact) mass is 470 g/mol. The van der Waals surface area contributed by atoms with Crippen molar-refractivity contribution in [2.45, 2.75) is 26.3 Å². The van der Waals surface area contributed by atoms with Crippen molar-refractivity contribution in [2.24, 2.45) is 0 Å². The van der Waals surface area contributed by atoms with Crippen molar-refractivity contribution in [3.63, 3.8) is 0 Å². The Hall–Kier alpha value is -3.84. The molecule has 4 aromatic rings. The maximum atomic E-state index is 13.6. The lowest BCUT2D eigenvalue weighted by Gasteiger charge is -2.37. The maximum Gasteiger partial charge on any atom is 0.258 e. The van der Waals surface area contributed by atoms with Gasteiger partial charge in [-0.2, -0.15) is 4.98 Å². The summed E-state index contributed by atoms with van der Waals surface area (Å²) in [4.78, 5) is 6.61. The summed E-state index contributed by atoms with van der Waals surface area (Å²) in [7, 11) is 0. The van der Waals surface area contributed by atoms with Crippen molar-refractivity contribution in [1.29, 1.82) is 0 Å². The molecule has 7 heteroatoms. The zero-order valence-corrected chi connectivity index (χ0v) is 19.6. The van der Waals surface area contributed by atoms with Crippen LogP contribution < -0.4 is 10.2 Å². The first kappa shape index (κ1) is 22.0. The van der Waals surface area contributed by atoms with E-state index in [2.05, 4.69) is 29.5 Å². The highest BCUT2D eigenvalue weighted by Gasteiger charge is 2.34. The van der Waals surface area contributed by atoms with Crippen LogP contribution in [0.1, 0.15) is 36.9 Å². The van der Waals surface area contributed by atoms with Crippen LogP contribution in [0.15, 0.2) is 89.1 Å². The first-order valence-electron chi connectivity index (χ1n) is 11.1. The van der Waals surface area contributed by atoms with Gasteiger partial charge in [0.15, 0.2) is 5.11 Å². The van der Waals surface area contributed by atoms with Gasteiger partial charge in [0.25, 0.3) is 5.89 Å². The van der Waals surface area contributed by atoms with Crippen molar-refractivity contribution in [2.75, 3.05) is 4.90 Å². The zero-order valence-electron chi connectivity index (χ0n) is 18.8. The van der Waals surface area contributed by atoms with Crippen LogP contribution in [0, 0.1) is 5.82 Å². The van der Waals surface area contributed by atoms with Crippen LogP contribution in [0.25, 0.3) is 17.0 Å². The molecule has 1 aromatic heterocycles. The molecular weight excluding hydrogens is 447 g/mol. The van der Waals surface area contributed by atoms with Crippen LogP contribution in [0.4, 0.5) is 10.1 Å². The smallest absolute Gasteiger partial charge is 0.258 e. The third-order valence-corrected chi connectivity index (χ3v) is 6.28. The highest BCUT2D eigenvalue weighted by Crippen LogP contribution is 2.39. The number of nitrogens with one attached hydrogen (secondary N) is 1. The number of nitrogens with zero attached hydrogens (tertiary/aromatic N) is 3. The van der Waals surface area contributed by atoms with E-state index in [-0.39, 0.29) is 11.9 Å². The first-order valence-corrected chi connectivity index (χ1v) is 11.5. The fraction of sp³-hybridized carbons (Fsp3) is 0.148. The van der Waals surface area contributed by atoms with Gasteiger partial charge in [0.2, 0.25) is 5.82 Å². The molecular formula is C27H23FN4OS. The Labute approximate surface area is 202 Å². The summed E-state index contributed by atoms with van der Waals surface area (Å²) in [6.45, 7) is 4.08. The van der Waals surface area contributed by atoms with Crippen molar-refractivity contribution in [3.8, 4) is 11.4 Å². The predicted octanol–water partition coefficient (Wildman–Crippen LogP) is 6.31. The molecule has 0 radical (unpaired) electrons. The third-order valence-electron chi connectivity index (χ3n) is 5.98. The minimum Gasteiger partial charge on any atom is -0.351 e. The van der Waals surface area contributed by atoms with Gasteiger partial charge in [-0.1, -0.05) is 66.7 Å². The third kappa shape index (κ3) is 4.10. The Balaban J connectivity index is 1.62. The highest BCUT2D eigenvalue weighted by molar-refractivity contribution is 7.80. The number of hydrogen-bond donors (Lipinski definition) is 1. The number of thiocarbonyl (C=S) groups is 1. The summed E-state index contributed by atoms with van der Waals surface area (Å²) in [5, 5.41) is 8.19. The van der Waals surface area contributed by atoms with E-state index in [1.165, 1.54) is 17.7 Å². The largest absolute Gasteiger partial charge is 0.351 e. The molecule has 0 saturated carbocycles. The quantitative estimate of drug-likeness (QED) is 0.345. The number of allylic oxidation sites excluding steroid dienone is 1. The van der Waals surface area contributed by atoms with E-state index in [0.717, 1.165) is 34.5 Å². The van der Waals surface area contributed by atoms with E-state index in [1.807, 2.05) is 54.3 Å². The lowest BCUT2D eigenvalue weighted by Crippen LogP contribution is -2.46. The van der Waals surface area contributed by atoms with Crippen molar-refractivity contribution in [1.82, 2.24) is 15.5 Å². The van der Waals surface area contributed by atoms with E-state index < -0.39 is 0 Å². The SMILES string of the molecule is CCc1ccc(-c2noc(C3=C(C)N(c4ccc(F)cc4)C(=S)NC3c3ccccc3)n2)cc1. The standard InChI is InChI=1S/C27H23FN4OS/c1-3-18-9-11-20(12-10-18)25-30-26(33-31-25)23-17(2)32(22-15-13-21(28)14-16-22)27(34)29-24(23)19-7-5-4-6-8-19/h4-16,24H,3H2,1-2H3,(H,29,34). The molecule has 5 rings (SSSR count). The van der Waals surface area contributed by atoms with Gasteiger partial charge in [-0.05, 0) is 61.0 Å². The molecule has 0 saturated heterocycles. The lowest BCUT2D eigenvalue weighted by molar-refractivity contribution is 0.404. The van der Waals surface area contributed by atoms with Crippen LogP contribution in [0.2, 0.25) is 0 Å². The van der Waals surface area contributed by atoms with Crippen LogP contribution in [0.3, 0.4) is 0 Å². The molecule has 0 amide bonds. The van der Waals surface area contributed by atoms with Gasteiger partial charge in [-0.25, -0.2) is 4.39 Å². The topological polar surface area (TPSA) is 54.2 Å². The zero-order chi connectivity index (χ0) is 23.7. The van der Waals surface area contributed by atoms with Gasteiger partial charge >= 0.3 is 0 Å². The number of aryl methyl sites for hydroxylation is 1. The number of benzene rings is 3. The fourth-order valence-electron chi connectivity index (χ4n) is 4.16. The Morgan fingerprint density at radius 3 is 2.38 bits per heavy atom. The van der Waals surface area contributed by atoms with Gasteiger partial charge < -0.3 is 9.84 Å². The first-order chi connectivity index (χ1) is 16.5. The van der Waals surface area contributed by atoms with E-state index in [1.54, 1.807) is 12.1 Å². The molecule has 2 heterocycles. The second-order valence-corrected chi connectivity index (χ2v) is 8.46. The van der Waals surface area contributed by atoms with Gasteiger partial charge in [-0.15, -0.1) is 0 Å². The molecule has 0 aliphatic carbocycles. The van der Waals surface area contributed by atoms with E-state index in [4.69, 9.17) is 21.7 Å². The Bertz CT molecular complexity index is 1350. The van der Waals surface area contributed by atoms with Crippen LogP contribution in [-0.4, -0.2) is 15.3 Å². The van der Waals surface area contributed by atoms with Gasteiger partial charge in [0, 0.05) is 16.9 Å². The van der Waals surface area contributed by atoms with Gasteiger partial charge in [0.1, 0.15) is 5.82 Å². The molecule has 3 aromatic carbocycles. The number of hydrogen-bond acceptors (Lipinski definition) is 4. The fourth-order valence-corrected chi connectivity index (χ4v) is 4.52. The minimum atomic E-state index is -0.306. The maximum absolute atomic E-state index is 13.6. The summed E-state index contributed by atoms with van der Waals surface area (Å²) < 4.78 is 19.4. The van der Waals surface area contributed by atoms with Gasteiger partial charge in [-0.3, -0.25) is 4.90 Å². The number of halogens is 1. The van der Waals surface area contributed by atoms with Crippen LogP contribution >= 0.6 is 12.2 Å². The summed E-state index contributed by atoms with van der Waals surface area (Å²) in [6.07, 6.45) is 0.966. The molecule has 1 aliphatic rings. The summed E-state index contributed by atoms with van der Waals surface area (Å²) in [6, 6.07) is 24.1. The lowest BCUT2D eigenvalue weighted by atomic mass is 9.94. The number of rotatable bonds is 5. The second kappa shape index (κ2) is 9.19. The normalized spacial score (nSPS) is 16.0. The molecule has 0 spiro atoms. The highest BCUT2D eigenvalue weighted by atomic mass is 32.1. The predicted molar refractivity (Wildman–Crippen MR) is 136 cm³/mol. The Kier molecular flexibility index (Phi) is 5.94. The molecule has 0 fully saturated rings. The minimum absolute atomic E-state index is 0.277. The summed E-state index contributed by atoms with van der Waals surface area (Å²) >= 11 is 5.72. The molecule has 1 unspecified atom stereocenters. The Morgan fingerprint density at radius 2 is 1.71 bits per heavy atom. The molecule has 0 bridgehead atoms. The number of anilines is 1. The number of aromatic nitrogens is 2. The summed E-state index contributed by atoms with van der Waals surface area (Å²) in [5.74, 6) is 0.619. The molecule has 34 heavy (non-hydrogen) atoms. The molecule has 1 atom stereocenters. The Morgan fingerprint density at radius 1 is 1.00 bits per heavy atom. The van der Waals surface area contributed by atoms with Crippen molar-refractivity contribution >= 4 is 28.6 Å². The average Bonchev–Trinajstić information content (AvgIpc) is 3.35. The molecule has 1 N–H and O–H groups in total. The van der Waals surface area contributed by atoms with Crippen molar-refractivity contribution < 1.29 is 8.91 Å². The molecule has 1 aliphatic heterocycles. The second-order valence-electron chi connectivity index (χ2n) is 8.08. The van der Waals surface area contributed by atoms with Crippen molar-refractivity contribution in [3.05, 3.63) is 107 Å². The van der Waals surface area contributed by atoms with E-state index in [0.29, 0.717) is 16.8 Å². The van der Waals surface area contributed by atoms with Crippen LogP contribution in [0.5, 0.6) is 0 Å². The van der Waals surface area contributed by atoms with Gasteiger partial charge in [0.05, 0.1) is 11.6 Å². The molecule has 5 nitrogen and oxygen atoms in total. The van der Waals surface area contributed by atoms with E-state index in [9.17, 15) is 4.39 Å². The van der Waals surface area contributed by atoms with Crippen LogP contribution in [-0.2, 0) is 6.42 Å². The average molecular weight is 471 g/mol. The van der Waals surface area contributed by atoms with E-state index >= 15 is 0 Å².